The van der Waals surface area contributed by atoms with Gasteiger partial charge in [0.1, 0.15) is 12.9 Å². The van der Waals surface area contributed by atoms with Crippen LogP contribution in [0.1, 0.15) is 33.1 Å². The molecule has 6 nitrogen and oxygen atoms in total. The number of hydrogen-bond acceptors (Lipinski definition) is 4. The maximum atomic E-state index is 12.3. The molecule has 155 valence electrons. The summed E-state index contributed by atoms with van der Waals surface area (Å²) in [6.45, 7) is 6.48. The Kier molecular flexibility index (Phi) is 12.0. The van der Waals surface area contributed by atoms with Crippen molar-refractivity contribution in [2.24, 2.45) is 0 Å². The normalized spacial score (nSPS) is 10.2. The molecule has 0 fully saturated rings. The van der Waals surface area contributed by atoms with Crippen LogP contribution in [-0.2, 0) is 0 Å². The number of amides is 1. The van der Waals surface area contributed by atoms with E-state index in [4.69, 9.17) is 44.6 Å². The SMILES string of the molecule is CCCN(CCOc1c(Cl)cc(Cl)cc1Cl)C(=O)n1ccnc1.CCC[CH]O. The van der Waals surface area contributed by atoms with E-state index in [1.807, 2.05) is 13.8 Å². The van der Waals surface area contributed by atoms with Gasteiger partial charge in [-0.25, -0.2) is 9.78 Å². The van der Waals surface area contributed by atoms with Gasteiger partial charge < -0.3 is 14.7 Å². The molecule has 1 N–H and O–H groups in total. The minimum Gasteiger partial charge on any atom is -0.489 e. The fourth-order valence-corrected chi connectivity index (χ4v) is 3.09. The third-order valence-corrected chi connectivity index (χ3v) is 4.26. The lowest BCUT2D eigenvalue weighted by atomic mass is 10.3. The van der Waals surface area contributed by atoms with Gasteiger partial charge >= 0.3 is 6.03 Å². The van der Waals surface area contributed by atoms with Crippen molar-refractivity contribution in [1.29, 1.82) is 0 Å². The average molecular weight is 450 g/mol. The average Bonchev–Trinajstić information content (AvgIpc) is 3.18. The highest BCUT2D eigenvalue weighted by Crippen LogP contribution is 2.35. The van der Waals surface area contributed by atoms with Gasteiger partial charge in [-0.3, -0.25) is 4.57 Å². The highest BCUT2D eigenvalue weighted by molar-refractivity contribution is 6.40. The standard InChI is InChI=1S/C15H16Cl3N3O2.C4H9O/c1-2-4-20(15(22)21-5-3-19-10-21)6-7-23-14-12(17)8-11(16)9-13(14)18;1-2-3-4-5/h3,5,8-10H,2,4,6-7H2,1H3;4-5H,2-3H2,1H3. The number of rotatable bonds is 8. The molecule has 1 amide bonds. The Morgan fingerprint density at radius 1 is 1.21 bits per heavy atom. The van der Waals surface area contributed by atoms with E-state index in [-0.39, 0.29) is 12.6 Å². The van der Waals surface area contributed by atoms with Crippen LogP contribution in [0.4, 0.5) is 4.79 Å². The third kappa shape index (κ3) is 8.27. The molecule has 0 bridgehead atoms. The van der Waals surface area contributed by atoms with Crippen LogP contribution in [0.5, 0.6) is 5.75 Å². The van der Waals surface area contributed by atoms with E-state index in [1.165, 1.54) is 17.5 Å². The monoisotopic (exact) mass is 448 g/mol. The quantitative estimate of drug-likeness (QED) is 0.543. The Bertz CT molecular complexity index is 687. The van der Waals surface area contributed by atoms with E-state index in [0.717, 1.165) is 19.3 Å². The molecule has 1 heterocycles. The molecule has 2 rings (SSSR count). The van der Waals surface area contributed by atoms with Gasteiger partial charge in [-0.1, -0.05) is 55.1 Å². The van der Waals surface area contributed by atoms with Crippen molar-refractivity contribution in [2.75, 3.05) is 19.7 Å². The van der Waals surface area contributed by atoms with Crippen molar-refractivity contribution in [1.82, 2.24) is 14.5 Å². The van der Waals surface area contributed by atoms with Crippen LogP contribution in [0.15, 0.2) is 30.9 Å². The first-order valence-corrected chi connectivity index (χ1v) is 10.1. The predicted molar refractivity (Wildman–Crippen MR) is 113 cm³/mol. The van der Waals surface area contributed by atoms with Gasteiger partial charge in [-0.15, -0.1) is 0 Å². The van der Waals surface area contributed by atoms with E-state index in [9.17, 15) is 4.79 Å². The molecule has 9 heteroatoms. The first-order chi connectivity index (χ1) is 13.4. The number of imidazole rings is 1. The van der Waals surface area contributed by atoms with E-state index in [0.29, 0.717) is 33.9 Å². The highest BCUT2D eigenvalue weighted by Gasteiger charge is 2.15. The van der Waals surface area contributed by atoms with Crippen LogP contribution in [0, 0.1) is 6.61 Å². The molecule has 28 heavy (non-hydrogen) atoms. The zero-order valence-corrected chi connectivity index (χ0v) is 18.2. The van der Waals surface area contributed by atoms with Crippen molar-refractivity contribution in [2.45, 2.75) is 33.1 Å². The lowest BCUT2D eigenvalue weighted by molar-refractivity contribution is 0.184. The molecule has 0 aliphatic rings. The molecule has 0 aliphatic heterocycles. The van der Waals surface area contributed by atoms with Crippen LogP contribution in [0.2, 0.25) is 15.1 Å². The number of ether oxygens (including phenoxy) is 1. The molecular weight excluding hydrogens is 425 g/mol. The molecule has 1 aromatic carbocycles. The van der Waals surface area contributed by atoms with Gasteiger partial charge in [-0.2, -0.15) is 0 Å². The number of halogens is 3. The summed E-state index contributed by atoms with van der Waals surface area (Å²) in [4.78, 5) is 17.9. The van der Waals surface area contributed by atoms with Crippen molar-refractivity contribution in [3.05, 3.63) is 52.5 Å². The summed E-state index contributed by atoms with van der Waals surface area (Å²) >= 11 is 18.0. The summed E-state index contributed by atoms with van der Waals surface area (Å²) in [5, 5.41) is 9.06. The Balaban J connectivity index is 0.000000696. The fourth-order valence-electron chi connectivity index (χ4n) is 2.16. The molecule has 0 saturated heterocycles. The van der Waals surface area contributed by atoms with Gasteiger partial charge in [-0.05, 0) is 25.0 Å². The number of aliphatic hydroxyl groups is 1. The van der Waals surface area contributed by atoms with Crippen molar-refractivity contribution >= 4 is 40.8 Å². The number of unbranched alkanes of at least 4 members (excludes halogenated alkanes) is 1. The van der Waals surface area contributed by atoms with Crippen LogP contribution < -0.4 is 4.74 Å². The molecular formula is C19H25Cl3N3O3. The lowest BCUT2D eigenvalue weighted by Gasteiger charge is -2.22. The number of carbonyl (C=O) groups excluding carboxylic acids is 1. The van der Waals surface area contributed by atoms with Gasteiger partial charge in [0.2, 0.25) is 0 Å². The minimum atomic E-state index is -0.152. The van der Waals surface area contributed by atoms with E-state index < -0.39 is 0 Å². The molecule has 1 aromatic heterocycles. The fraction of sp³-hybridized carbons (Fsp3) is 0.421. The molecule has 0 spiro atoms. The Morgan fingerprint density at radius 3 is 2.36 bits per heavy atom. The van der Waals surface area contributed by atoms with Crippen molar-refractivity contribution < 1.29 is 14.6 Å². The van der Waals surface area contributed by atoms with Crippen LogP contribution in [-0.4, -0.2) is 45.3 Å². The zero-order chi connectivity index (χ0) is 20.9. The molecule has 0 saturated carbocycles. The largest absolute Gasteiger partial charge is 0.489 e. The first-order valence-electron chi connectivity index (χ1n) is 8.95. The van der Waals surface area contributed by atoms with E-state index in [2.05, 4.69) is 4.98 Å². The van der Waals surface area contributed by atoms with Gasteiger partial charge in [0, 0.05) is 24.0 Å². The maximum Gasteiger partial charge on any atom is 0.329 e. The molecule has 0 unspecified atom stereocenters. The number of aliphatic hydroxyl groups excluding tert-OH is 1. The smallest absolute Gasteiger partial charge is 0.329 e. The molecule has 0 atom stereocenters. The second-order valence-corrected chi connectivity index (χ2v) is 7.01. The summed E-state index contributed by atoms with van der Waals surface area (Å²) in [7, 11) is 0. The van der Waals surface area contributed by atoms with Crippen molar-refractivity contribution in [3.63, 3.8) is 0 Å². The first kappa shape index (κ1) is 24.6. The van der Waals surface area contributed by atoms with Crippen LogP contribution in [0.3, 0.4) is 0 Å². The molecule has 1 radical (unpaired) electrons. The number of hydrogen-bond donors (Lipinski definition) is 1. The number of aromatic nitrogens is 2. The third-order valence-electron chi connectivity index (χ3n) is 3.48. The Morgan fingerprint density at radius 2 is 1.89 bits per heavy atom. The molecule has 0 aliphatic carbocycles. The van der Waals surface area contributed by atoms with E-state index in [1.54, 1.807) is 29.4 Å². The second kappa shape index (κ2) is 13.7. The van der Waals surface area contributed by atoms with Crippen LogP contribution in [0.25, 0.3) is 0 Å². The van der Waals surface area contributed by atoms with Gasteiger partial charge in [0.25, 0.3) is 0 Å². The minimum absolute atomic E-state index is 0.152. The zero-order valence-electron chi connectivity index (χ0n) is 15.9. The van der Waals surface area contributed by atoms with Crippen molar-refractivity contribution in [3.8, 4) is 5.75 Å². The summed E-state index contributed by atoms with van der Waals surface area (Å²) in [6.07, 6.45) is 7.34. The number of nitrogens with zero attached hydrogens (tertiary/aromatic N) is 3. The highest BCUT2D eigenvalue weighted by atomic mass is 35.5. The molecule has 2 aromatic rings. The lowest BCUT2D eigenvalue weighted by Crippen LogP contribution is -2.37. The topological polar surface area (TPSA) is 67.6 Å². The van der Waals surface area contributed by atoms with Gasteiger partial charge in [0.05, 0.1) is 23.2 Å². The van der Waals surface area contributed by atoms with E-state index >= 15 is 0 Å². The summed E-state index contributed by atoms with van der Waals surface area (Å²) < 4.78 is 7.05. The second-order valence-electron chi connectivity index (χ2n) is 5.76. The Hall–Kier alpha value is -1.47. The van der Waals surface area contributed by atoms with Gasteiger partial charge in [0.15, 0.2) is 5.75 Å². The summed E-state index contributed by atoms with van der Waals surface area (Å²) in [6, 6.07) is 2.97. The predicted octanol–water partition coefficient (Wildman–Crippen LogP) is 5.92. The number of benzene rings is 1. The maximum absolute atomic E-state index is 12.3. The summed E-state index contributed by atoms with van der Waals surface area (Å²) in [5.41, 5.74) is 0. The van der Waals surface area contributed by atoms with Crippen LogP contribution >= 0.6 is 34.8 Å². The summed E-state index contributed by atoms with van der Waals surface area (Å²) in [5.74, 6) is 0.365. The Labute approximate surface area is 181 Å². The number of carbonyl (C=O) groups is 1.